The second-order valence-electron chi connectivity index (χ2n) is 6.91. The molecule has 3 N–H and O–H groups in total. The molecule has 2 aliphatic rings. The van der Waals surface area contributed by atoms with Gasteiger partial charge in [0.1, 0.15) is 17.1 Å². The lowest BCUT2D eigenvalue weighted by molar-refractivity contribution is -0.136. The summed E-state index contributed by atoms with van der Waals surface area (Å²) in [6, 6.07) is 5.59. The minimum atomic E-state index is -1.54. The molecule has 6 nitrogen and oxygen atoms in total. The van der Waals surface area contributed by atoms with Gasteiger partial charge in [0, 0.05) is 17.5 Å². The number of carbonyl (C=O) groups is 3. The number of phenolic OH excluding ortho intramolecular Hbond substituents is 2. The van der Waals surface area contributed by atoms with E-state index in [1.807, 2.05) is 0 Å². The Kier molecular flexibility index (Phi) is 3.33. The van der Waals surface area contributed by atoms with Crippen molar-refractivity contribution >= 4 is 17.3 Å². The van der Waals surface area contributed by atoms with Crippen molar-refractivity contribution < 1.29 is 29.7 Å². The van der Waals surface area contributed by atoms with E-state index in [1.165, 1.54) is 31.2 Å². The smallest absolute Gasteiger partial charge is 0.201 e. The Morgan fingerprint density at radius 3 is 2.46 bits per heavy atom. The summed E-state index contributed by atoms with van der Waals surface area (Å²) in [7, 11) is 0. The van der Waals surface area contributed by atoms with Gasteiger partial charge in [0.05, 0.1) is 11.1 Å². The lowest BCUT2D eigenvalue weighted by atomic mass is 9.72. The topological polar surface area (TPSA) is 112 Å². The van der Waals surface area contributed by atoms with Crippen LogP contribution in [0.2, 0.25) is 0 Å². The number of carbonyl (C=O) groups excluding carboxylic acids is 3. The number of benzene rings is 2. The van der Waals surface area contributed by atoms with Crippen molar-refractivity contribution in [3.05, 3.63) is 57.6 Å². The normalized spacial score (nSPS) is 21.0. The monoisotopic (exact) mass is 352 g/mol. The molecule has 0 saturated heterocycles. The van der Waals surface area contributed by atoms with Crippen molar-refractivity contribution in [2.24, 2.45) is 0 Å². The van der Waals surface area contributed by atoms with Gasteiger partial charge < -0.3 is 15.3 Å². The van der Waals surface area contributed by atoms with Gasteiger partial charge in [-0.1, -0.05) is 12.1 Å². The Balaban J connectivity index is 1.97. The zero-order chi connectivity index (χ0) is 18.8. The van der Waals surface area contributed by atoms with Crippen molar-refractivity contribution in [3.8, 4) is 11.5 Å². The molecule has 0 radical (unpaired) electrons. The van der Waals surface area contributed by atoms with Crippen LogP contribution in [0.25, 0.3) is 0 Å². The lowest BCUT2D eigenvalue weighted by Gasteiger charge is -2.33. The molecule has 1 unspecified atom stereocenters. The first-order chi connectivity index (χ1) is 12.2. The average molecular weight is 352 g/mol. The predicted molar refractivity (Wildman–Crippen MR) is 90.7 cm³/mol. The zero-order valence-corrected chi connectivity index (χ0v) is 14.0. The van der Waals surface area contributed by atoms with Crippen molar-refractivity contribution in [2.45, 2.75) is 31.8 Å². The largest absolute Gasteiger partial charge is 0.507 e. The van der Waals surface area contributed by atoms with E-state index in [0.29, 0.717) is 11.1 Å². The molecule has 0 amide bonds. The van der Waals surface area contributed by atoms with Crippen LogP contribution >= 0.6 is 0 Å². The van der Waals surface area contributed by atoms with Crippen molar-refractivity contribution in [3.63, 3.8) is 0 Å². The number of phenols is 2. The standard InChI is InChI=1S/C20H16O6/c1-9(21)20(26)6-5-11-10(8-20)7-14(23)17-16(11)18(24)12-3-2-4-13(22)15(12)19(17)25/h2-4,7,22-23,26H,5-6,8H2,1H3. The van der Waals surface area contributed by atoms with Crippen LogP contribution in [-0.2, 0) is 17.6 Å². The van der Waals surface area contributed by atoms with Crippen LogP contribution in [0.5, 0.6) is 11.5 Å². The molecule has 2 aliphatic carbocycles. The van der Waals surface area contributed by atoms with E-state index in [2.05, 4.69) is 0 Å². The van der Waals surface area contributed by atoms with E-state index < -0.39 is 17.2 Å². The molecule has 2 aromatic carbocycles. The van der Waals surface area contributed by atoms with Gasteiger partial charge in [0.15, 0.2) is 11.6 Å². The van der Waals surface area contributed by atoms with Gasteiger partial charge >= 0.3 is 0 Å². The molecule has 2 aromatic rings. The molecule has 0 aliphatic heterocycles. The second-order valence-corrected chi connectivity index (χ2v) is 6.91. The maximum absolute atomic E-state index is 13.0. The van der Waals surface area contributed by atoms with Gasteiger partial charge in [0.2, 0.25) is 5.78 Å². The SMILES string of the molecule is CC(=O)C1(O)CCc2c(cc(O)c3c2C(=O)c2cccc(O)c2C3=O)C1. The first-order valence-electron chi connectivity index (χ1n) is 8.27. The molecule has 0 heterocycles. The molecule has 6 heteroatoms. The van der Waals surface area contributed by atoms with Gasteiger partial charge in [-0.25, -0.2) is 0 Å². The zero-order valence-electron chi connectivity index (χ0n) is 14.0. The minimum Gasteiger partial charge on any atom is -0.507 e. The van der Waals surface area contributed by atoms with Crippen LogP contribution in [0.4, 0.5) is 0 Å². The first kappa shape index (κ1) is 16.5. The number of hydrogen-bond acceptors (Lipinski definition) is 6. The number of hydrogen-bond donors (Lipinski definition) is 3. The van der Waals surface area contributed by atoms with Gasteiger partial charge in [-0.15, -0.1) is 0 Å². The Morgan fingerprint density at radius 1 is 1.04 bits per heavy atom. The van der Waals surface area contributed by atoms with Gasteiger partial charge in [-0.2, -0.15) is 0 Å². The average Bonchev–Trinajstić information content (AvgIpc) is 2.58. The molecule has 0 fully saturated rings. The highest BCUT2D eigenvalue weighted by Crippen LogP contribution is 2.42. The van der Waals surface area contributed by atoms with Crippen LogP contribution < -0.4 is 0 Å². The number of rotatable bonds is 1. The number of aromatic hydroxyl groups is 2. The van der Waals surface area contributed by atoms with E-state index in [4.69, 9.17) is 0 Å². The van der Waals surface area contributed by atoms with Crippen LogP contribution in [0.15, 0.2) is 24.3 Å². The fourth-order valence-electron chi connectivity index (χ4n) is 3.95. The Hall–Kier alpha value is -2.99. The number of ketones is 3. The molecule has 0 spiro atoms. The third-order valence-electron chi connectivity index (χ3n) is 5.40. The third-order valence-corrected chi connectivity index (χ3v) is 5.40. The summed E-state index contributed by atoms with van der Waals surface area (Å²) in [5.74, 6) is -2.14. The molecule has 26 heavy (non-hydrogen) atoms. The fourth-order valence-corrected chi connectivity index (χ4v) is 3.95. The van der Waals surface area contributed by atoms with Gasteiger partial charge in [-0.05, 0) is 43.0 Å². The molecule has 4 rings (SSSR count). The quantitative estimate of drug-likeness (QED) is 0.614. The molecule has 0 bridgehead atoms. The highest BCUT2D eigenvalue weighted by Gasteiger charge is 2.42. The summed E-state index contributed by atoms with van der Waals surface area (Å²) in [5, 5.41) is 30.9. The van der Waals surface area contributed by atoms with Gasteiger partial charge in [-0.3, -0.25) is 14.4 Å². The highest BCUT2D eigenvalue weighted by molar-refractivity contribution is 6.30. The maximum Gasteiger partial charge on any atom is 0.201 e. The Morgan fingerprint density at radius 2 is 1.77 bits per heavy atom. The summed E-state index contributed by atoms with van der Waals surface area (Å²) in [4.78, 5) is 37.6. The fraction of sp³-hybridized carbons (Fsp3) is 0.250. The van der Waals surface area contributed by atoms with Crippen LogP contribution in [0, 0.1) is 0 Å². The Labute approximate surface area is 148 Å². The van der Waals surface area contributed by atoms with E-state index >= 15 is 0 Å². The molecule has 0 saturated carbocycles. The lowest BCUT2D eigenvalue weighted by Crippen LogP contribution is -2.43. The summed E-state index contributed by atoms with van der Waals surface area (Å²) >= 11 is 0. The van der Waals surface area contributed by atoms with E-state index in [1.54, 1.807) is 0 Å². The van der Waals surface area contributed by atoms with Crippen molar-refractivity contribution in [1.82, 2.24) is 0 Å². The maximum atomic E-state index is 13.0. The first-order valence-corrected chi connectivity index (χ1v) is 8.27. The van der Waals surface area contributed by atoms with E-state index in [9.17, 15) is 29.7 Å². The molecule has 1 atom stereocenters. The second kappa shape index (κ2) is 5.25. The summed E-state index contributed by atoms with van der Waals surface area (Å²) < 4.78 is 0. The molecular formula is C20H16O6. The van der Waals surface area contributed by atoms with E-state index in [0.717, 1.165) is 0 Å². The van der Waals surface area contributed by atoms with Crippen LogP contribution in [-0.4, -0.2) is 38.3 Å². The van der Waals surface area contributed by atoms with E-state index in [-0.39, 0.29) is 58.8 Å². The van der Waals surface area contributed by atoms with Gasteiger partial charge in [0.25, 0.3) is 0 Å². The molecular weight excluding hydrogens is 336 g/mol. The number of fused-ring (bicyclic) bond motifs is 4. The predicted octanol–water partition coefficient (Wildman–Crippen LogP) is 1.68. The third kappa shape index (κ3) is 2.05. The number of Topliss-reactive ketones (excluding diaryl/α,β-unsaturated/α-hetero) is 1. The minimum absolute atomic E-state index is 0.0210. The number of aliphatic hydroxyl groups is 1. The summed E-state index contributed by atoms with van der Waals surface area (Å²) in [6.45, 7) is 1.30. The van der Waals surface area contributed by atoms with Crippen molar-refractivity contribution in [1.29, 1.82) is 0 Å². The van der Waals surface area contributed by atoms with Crippen molar-refractivity contribution in [2.75, 3.05) is 0 Å². The molecule has 132 valence electrons. The van der Waals surface area contributed by atoms with Crippen LogP contribution in [0.3, 0.4) is 0 Å². The Bertz CT molecular complexity index is 1020. The molecule has 0 aromatic heterocycles. The summed E-state index contributed by atoms with van der Waals surface area (Å²) in [6.07, 6.45) is 0.356. The highest BCUT2D eigenvalue weighted by atomic mass is 16.3. The van der Waals surface area contributed by atoms with Crippen LogP contribution in [0.1, 0.15) is 56.3 Å². The summed E-state index contributed by atoms with van der Waals surface area (Å²) in [5.41, 5.74) is -0.541.